The number of unbranched alkanes of at least 4 members (excludes halogenated alkanes) is 6. The number of hydrogen-bond donors (Lipinski definition) is 1. The Bertz CT molecular complexity index is 1070. The SMILES string of the molecule is C.CCCCCCOc1ccc(S(=O)(=O)NS(=O)(=O)c2ccc(OCCCCCC)cc2C)c(C)c1. The first-order valence-electron chi connectivity index (χ1n) is 12.4. The van der Waals surface area contributed by atoms with Crippen molar-refractivity contribution in [2.75, 3.05) is 13.2 Å². The maximum Gasteiger partial charge on any atom is 0.254 e. The molecule has 0 aliphatic heterocycles. The van der Waals surface area contributed by atoms with E-state index in [0.717, 1.165) is 51.4 Å². The molecule has 9 heteroatoms. The van der Waals surface area contributed by atoms with Gasteiger partial charge in [0.05, 0.1) is 23.0 Å². The van der Waals surface area contributed by atoms with Gasteiger partial charge in [-0.2, -0.15) is 0 Å². The van der Waals surface area contributed by atoms with Gasteiger partial charge in [0.2, 0.25) is 0 Å². The van der Waals surface area contributed by atoms with Crippen LogP contribution < -0.4 is 13.6 Å². The lowest BCUT2D eigenvalue weighted by Gasteiger charge is -2.14. The lowest BCUT2D eigenvalue weighted by Crippen LogP contribution is -2.31. The van der Waals surface area contributed by atoms with Crippen molar-refractivity contribution in [1.82, 2.24) is 4.13 Å². The van der Waals surface area contributed by atoms with Gasteiger partial charge in [0.1, 0.15) is 11.5 Å². The minimum atomic E-state index is -4.32. The molecule has 0 aliphatic rings. The number of nitrogens with one attached hydrogen (secondary N) is 1. The summed E-state index contributed by atoms with van der Waals surface area (Å²) in [5.74, 6) is 1.11. The molecular formula is C27H43NO6S2. The van der Waals surface area contributed by atoms with Gasteiger partial charge in [-0.25, -0.2) is 16.8 Å². The molecular weight excluding hydrogens is 498 g/mol. The Morgan fingerprint density at radius 3 is 1.36 bits per heavy atom. The molecule has 0 radical (unpaired) electrons. The fourth-order valence-electron chi connectivity index (χ4n) is 3.70. The highest BCUT2D eigenvalue weighted by Crippen LogP contribution is 2.25. The van der Waals surface area contributed by atoms with Crippen LogP contribution in [-0.2, 0) is 20.0 Å². The number of sulfonamides is 2. The van der Waals surface area contributed by atoms with Crippen molar-refractivity contribution in [1.29, 1.82) is 0 Å². The highest BCUT2D eigenvalue weighted by atomic mass is 32.3. The van der Waals surface area contributed by atoms with Crippen LogP contribution in [0, 0.1) is 13.8 Å². The highest BCUT2D eigenvalue weighted by molar-refractivity contribution is 8.04. The van der Waals surface area contributed by atoms with E-state index < -0.39 is 20.0 Å². The van der Waals surface area contributed by atoms with E-state index in [9.17, 15) is 16.8 Å². The Kier molecular flexibility index (Phi) is 13.5. The molecule has 0 amide bonds. The average molecular weight is 542 g/mol. The second-order valence-electron chi connectivity index (χ2n) is 8.76. The lowest BCUT2D eigenvalue weighted by molar-refractivity contribution is 0.304. The molecule has 2 aromatic rings. The van der Waals surface area contributed by atoms with E-state index >= 15 is 0 Å². The number of rotatable bonds is 16. The summed E-state index contributed by atoms with van der Waals surface area (Å²) in [5.41, 5.74) is 0.810. The van der Waals surface area contributed by atoms with Gasteiger partial charge in [-0.3, -0.25) is 0 Å². The molecule has 204 valence electrons. The molecule has 0 spiro atoms. The first kappa shape index (κ1) is 31.9. The number of benzene rings is 2. The van der Waals surface area contributed by atoms with Crippen LogP contribution in [0.5, 0.6) is 11.5 Å². The van der Waals surface area contributed by atoms with Crippen LogP contribution >= 0.6 is 0 Å². The number of ether oxygens (including phenoxy) is 2. The topological polar surface area (TPSA) is 98.8 Å². The number of hydrogen-bond acceptors (Lipinski definition) is 6. The molecule has 0 fully saturated rings. The van der Waals surface area contributed by atoms with Gasteiger partial charge in [-0.1, -0.05) is 59.8 Å². The second-order valence-corrected chi connectivity index (χ2v) is 12.3. The van der Waals surface area contributed by atoms with Gasteiger partial charge in [0.15, 0.2) is 0 Å². The molecule has 2 rings (SSSR count). The van der Waals surface area contributed by atoms with Crippen molar-refractivity contribution >= 4 is 20.0 Å². The molecule has 36 heavy (non-hydrogen) atoms. The van der Waals surface area contributed by atoms with E-state index in [2.05, 4.69) is 13.8 Å². The smallest absolute Gasteiger partial charge is 0.254 e. The average Bonchev–Trinajstić information content (AvgIpc) is 2.78. The summed E-state index contributed by atoms with van der Waals surface area (Å²) in [6, 6.07) is 9.06. The highest BCUT2D eigenvalue weighted by Gasteiger charge is 2.27. The normalized spacial score (nSPS) is 11.7. The van der Waals surface area contributed by atoms with Gasteiger partial charge in [-0.05, 0) is 74.2 Å². The molecule has 0 bridgehead atoms. The van der Waals surface area contributed by atoms with Crippen LogP contribution in [-0.4, -0.2) is 30.0 Å². The van der Waals surface area contributed by atoms with Gasteiger partial charge >= 0.3 is 0 Å². The predicted molar refractivity (Wildman–Crippen MR) is 146 cm³/mol. The van der Waals surface area contributed by atoms with Crippen molar-refractivity contribution < 1.29 is 26.3 Å². The van der Waals surface area contributed by atoms with E-state index in [1.165, 1.54) is 12.1 Å². The van der Waals surface area contributed by atoms with Crippen molar-refractivity contribution in [2.24, 2.45) is 0 Å². The Hall–Kier alpha value is -2.10. The van der Waals surface area contributed by atoms with Gasteiger partial charge in [-0.15, -0.1) is 4.13 Å². The largest absolute Gasteiger partial charge is 0.494 e. The van der Waals surface area contributed by atoms with E-state index in [4.69, 9.17) is 9.47 Å². The standard InChI is InChI=1S/C26H39NO6S2.CH4/c1-5-7-9-11-17-32-23-13-15-25(21(3)19-23)34(28,29)27-35(30,31)26-16-14-24(20-22(26)4)33-18-12-10-8-6-2;/h13-16,19-20,27H,5-12,17-18H2,1-4H3;1H4. The third-order valence-corrected chi connectivity index (χ3v) is 9.45. The quantitative estimate of drug-likeness (QED) is 0.243. The maximum atomic E-state index is 12.9. The summed E-state index contributed by atoms with van der Waals surface area (Å²) in [7, 11) is -8.64. The zero-order valence-electron chi connectivity index (χ0n) is 21.3. The molecule has 0 aromatic heterocycles. The van der Waals surface area contributed by atoms with E-state index in [-0.39, 0.29) is 17.2 Å². The fourth-order valence-corrected chi connectivity index (χ4v) is 7.03. The zero-order chi connectivity index (χ0) is 25.9. The summed E-state index contributed by atoms with van der Waals surface area (Å²) < 4.78 is 65.0. The van der Waals surface area contributed by atoms with Crippen LogP contribution in [0.4, 0.5) is 0 Å². The van der Waals surface area contributed by atoms with Crippen molar-refractivity contribution in [3.05, 3.63) is 47.5 Å². The molecule has 0 unspecified atom stereocenters. The maximum absolute atomic E-state index is 12.9. The van der Waals surface area contributed by atoms with Gasteiger partial charge in [0.25, 0.3) is 20.0 Å². The van der Waals surface area contributed by atoms with E-state index in [1.807, 2.05) is 4.13 Å². The van der Waals surface area contributed by atoms with Crippen LogP contribution in [0.1, 0.15) is 83.8 Å². The second kappa shape index (κ2) is 15.2. The third-order valence-electron chi connectivity index (χ3n) is 5.62. The Balaban J connectivity index is 0.00000648. The van der Waals surface area contributed by atoms with Crippen LogP contribution in [0.15, 0.2) is 46.2 Å². The summed E-state index contributed by atoms with van der Waals surface area (Å²) in [6.45, 7) is 8.61. The molecule has 0 heterocycles. The third kappa shape index (κ3) is 9.75. The first-order valence-corrected chi connectivity index (χ1v) is 15.3. The lowest BCUT2D eigenvalue weighted by atomic mass is 10.2. The van der Waals surface area contributed by atoms with Crippen molar-refractivity contribution in [2.45, 2.75) is 96.3 Å². The minimum Gasteiger partial charge on any atom is -0.494 e. The monoisotopic (exact) mass is 541 g/mol. The zero-order valence-corrected chi connectivity index (χ0v) is 22.9. The summed E-state index contributed by atoms with van der Waals surface area (Å²) in [5, 5.41) is 0. The fraction of sp³-hybridized carbons (Fsp3) is 0.556. The molecule has 0 aliphatic carbocycles. The molecule has 0 saturated heterocycles. The Morgan fingerprint density at radius 1 is 0.639 bits per heavy atom. The van der Waals surface area contributed by atoms with E-state index in [1.54, 1.807) is 38.1 Å². The van der Waals surface area contributed by atoms with Crippen LogP contribution in [0.25, 0.3) is 0 Å². The van der Waals surface area contributed by atoms with Crippen LogP contribution in [0.3, 0.4) is 0 Å². The van der Waals surface area contributed by atoms with E-state index in [0.29, 0.717) is 35.8 Å². The number of aryl methyl sites for hydroxylation is 2. The van der Waals surface area contributed by atoms with Gasteiger partial charge in [0, 0.05) is 0 Å². The molecule has 7 nitrogen and oxygen atoms in total. The molecule has 1 N–H and O–H groups in total. The molecule has 2 aromatic carbocycles. The predicted octanol–water partition coefficient (Wildman–Crippen LogP) is 6.52. The van der Waals surface area contributed by atoms with Crippen LogP contribution in [0.2, 0.25) is 0 Å². The molecule has 0 atom stereocenters. The van der Waals surface area contributed by atoms with Crippen molar-refractivity contribution in [3.63, 3.8) is 0 Å². The molecule has 0 saturated carbocycles. The minimum absolute atomic E-state index is 0. The Morgan fingerprint density at radius 2 is 1.03 bits per heavy atom. The van der Waals surface area contributed by atoms with Crippen molar-refractivity contribution in [3.8, 4) is 11.5 Å². The Labute approximate surface area is 218 Å². The van der Waals surface area contributed by atoms with Gasteiger partial charge < -0.3 is 9.47 Å². The summed E-state index contributed by atoms with van der Waals surface area (Å²) >= 11 is 0. The summed E-state index contributed by atoms with van der Waals surface area (Å²) in [6.07, 6.45) is 8.58. The first-order chi connectivity index (χ1) is 16.6. The summed E-state index contributed by atoms with van der Waals surface area (Å²) in [4.78, 5) is -0.215.